The van der Waals surface area contributed by atoms with Crippen molar-refractivity contribution in [3.05, 3.63) is 116 Å². The molecular weight excluding hydrogens is 403 g/mol. The van der Waals surface area contributed by atoms with Crippen molar-refractivity contribution in [3.63, 3.8) is 0 Å². The van der Waals surface area contributed by atoms with E-state index in [0.717, 1.165) is 29.5 Å². The molecule has 0 saturated heterocycles. The topological polar surface area (TPSA) is 38.7 Å². The van der Waals surface area contributed by atoms with Gasteiger partial charge in [-0.3, -0.25) is 0 Å². The lowest BCUT2D eigenvalue weighted by atomic mass is 9.98. The molecule has 0 aliphatic heterocycles. The largest absolute Gasteiger partial charge is 0.494 e. The summed E-state index contributed by atoms with van der Waals surface area (Å²) >= 11 is 0. The number of rotatable bonds is 11. The number of aliphatic hydroxyl groups is 1. The maximum atomic E-state index is 14.9. The van der Waals surface area contributed by atoms with Gasteiger partial charge in [-0.1, -0.05) is 68.3 Å². The van der Waals surface area contributed by atoms with Gasteiger partial charge in [-0.15, -0.1) is 0 Å². The van der Waals surface area contributed by atoms with Gasteiger partial charge in [0.25, 0.3) is 0 Å². The highest BCUT2D eigenvalue weighted by Crippen LogP contribution is 2.29. The fraction of sp³-hybridized carbons (Fsp3) is 0.143. The zero-order chi connectivity index (χ0) is 22.9. The molecule has 1 atom stereocenters. The van der Waals surface area contributed by atoms with Crippen LogP contribution in [0.15, 0.2) is 104 Å². The number of benzene rings is 3. The zero-order valence-electron chi connectivity index (χ0n) is 18.0. The molecule has 0 aliphatic rings. The van der Waals surface area contributed by atoms with E-state index in [-0.39, 0.29) is 5.82 Å². The van der Waals surface area contributed by atoms with Crippen LogP contribution in [0.1, 0.15) is 12.0 Å². The number of hydrogen-bond acceptors (Lipinski definition) is 3. The number of aliphatic hydroxyl groups excluding tert-OH is 1. The quantitative estimate of drug-likeness (QED) is 0.121. The van der Waals surface area contributed by atoms with Gasteiger partial charge < -0.3 is 14.6 Å². The highest BCUT2D eigenvalue weighted by Gasteiger charge is 2.09. The van der Waals surface area contributed by atoms with Crippen LogP contribution in [0.3, 0.4) is 0 Å². The van der Waals surface area contributed by atoms with Gasteiger partial charge >= 0.3 is 0 Å². The highest BCUT2D eigenvalue weighted by atomic mass is 19.1. The van der Waals surface area contributed by atoms with Crippen LogP contribution in [0.5, 0.6) is 5.75 Å². The molecule has 32 heavy (non-hydrogen) atoms. The molecule has 0 fully saturated rings. The molecule has 0 radical (unpaired) electrons. The minimum atomic E-state index is -1.08. The second-order valence-corrected chi connectivity index (χ2v) is 7.28. The Labute approximate surface area is 188 Å². The third-order valence-electron chi connectivity index (χ3n) is 5.01. The summed E-state index contributed by atoms with van der Waals surface area (Å²) in [5.74, 6) is 0.767. The van der Waals surface area contributed by atoms with E-state index in [0.29, 0.717) is 23.7 Å². The molecule has 0 amide bonds. The second-order valence-electron chi connectivity index (χ2n) is 7.28. The van der Waals surface area contributed by atoms with Crippen molar-refractivity contribution in [1.82, 2.24) is 0 Å². The van der Waals surface area contributed by atoms with Crippen LogP contribution in [0.25, 0.3) is 22.3 Å². The summed E-state index contributed by atoms with van der Waals surface area (Å²) in [5, 5.41) is 9.47. The van der Waals surface area contributed by atoms with Gasteiger partial charge in [0.2, 0.25) is 6.29 Å². The predicted octanol–water partition coefficient (Wildman–Crippen LogP) is 6.69. The van der Waals surface area contributed by atoms with Gasteiger partial charge in [0, 0.05) is 5.56 Å². The van der Waals surface area contributed by atoms with E-state index in [1.165, 1.54) is 11.6 Å². The van der Waals surface area contributed by atoms with Crippen LogP contribution in [-0.2, 0) is 11.2 Å². The van der Waals surface area contributed by atoms with E-state index < -0.39 is 6.29 Å². The number of halogens is 1. The monoisotopic (exact) mass is 430 g/mol. The zero-order valence-corrected chi connectivity index (χ0v) is 18.0. The summed E-state index contributed by atoms with van der Waals surface area (Å²) < 4.78 is 25.5. The molecule has 0 bridgehead atoms. The first-order valence-electron chi connectivity index (χ1n) is 10.4. The fourth-order valence-corrected chi connectivity index (χ4v) is 3.23. The normalized spacial score (nSPS) is 11.4. The van der Waals surface area contributed by atoms with Crippen molar-refractivity contribution in [2.24, 2.45) is 0 Å². The molecule has 3 nitrogen and oxygen atoms in total. The summed E-state index contributed by atoms with van der Waals surface area (Å²) in [7, 11) is 0. The van der Waals surface area contributed by atoms with Crippen molar-refractivity contribution in [2.75, 3.05) is 6.61 Å². The van der Waals surface area contributed by atoms with Crippen molar-refractivity contribution in [1.29, 1.82) is 0 Å². The Balaban J connectivity index is 1.65. The Morgan fingerprint density at radius 1 is 0.938 bits per heavy atom. The number of aryl methyl sites for hydroxylation is 1. The van der Waals surface area contributed by atoms with Crippen molar-refractivity contribution >= 4 is 0 Å². The molecule has 3 aromatic rings. The average Bonchev–Trinajstić information content (AvgIpc) is 2.82. The molecular formula is C28H27FO3. The summed E-state index contributed by atoms with van der Waals surface area (Å²) in [4.78, 5) is 0. The lowest BCUT2D eigenvalue weighted by molar-refractivity contribution is 0.0251. The maximum Gasteiger partial charge on any atom is 0.216 e. The molecule has 1 unspecified atom stereocenters. The van der Waals surface area contributed by atoms with Gasteiger partial charge in [-0.05, 0) is 65.4 Å². The van der Waals surface area contributed by atoms with E-state index >= 15 is 0 Å². The van der Waals surface area contributed by atoms with Crippen LogP contribution >= 0.6 is 0 Å². The average molecular weight is 431 g/mol. The Kier molecular flexibility index (Phi) is 8.01. The summed E-state index contributed by atoms with van der Waals surface area (Å²) in [6, 6.07) is 20.2. The van der Waals surface area contributed by atoms with Crippen LogP contribution < -0.4 is 4.74 Å². The first-order chi connectivity index (χ1) is 15.5. The molecule has 0 aromatic heterocycles. The third-order valence-corrected chi connectivity index (χ3v) is 5.01. The van der Waals surface area contributed by atoms with Crippen molar-refractivity contribution in [2.45, 2.75) is 19.1 Å². The molecule has 3 aromatic carbocycles. The maximum absolute atomic E-state index is 14.9. The van der Waals surface area contributed by atoms with Crippen molar-refractivity contribution < 1.29 is 19.0 Å². The lowest BCUT2D eigenvalue weighted by Gasteiger charge is -2.11. The van der Waals surface area contributed by atoms with E-state index in [1.807, 2.05) is 18.2 Å². The first kappa shape index (κ1) is 23.0. The number of hydrogen-bond donors (Lipinski definition) is 1. The Hall–Kier alpha value is -3.63. The SMILES string of the molecule is C=CC(=C)OCCCc1ccc(-c2ccc(-c3ccc(OC(O)C=C)cc3)c(F)c2)cc1. The van der Waals surface area contributed by atoms with Gasteiger partial charge in [0.1, 0.15) is 17.3 Å². The first-order valence-corrected chi connectivity index (χ1v) is 10.4. The molecule has 0 heterocycles. The van der Waals surface area contributed by atoms with E-state index in [4.69, 9.17) is 9.47 Å². The smallest absolute Gasteiger partial charge is 0.216 e. The molecule has 3 rings (SSSR count). The summed E-state index contributed by atoms with van der Waals surface area (Å²) in [6.07, 6.45) is 3.58. The minimum Gasteiger partial charge on any atom is -0.494 e. The molecule has 0 spiro atoms. The lowest BCUT2D eigenvalue weighted by Crippen LogP contribution is -2.10. The molecule has 0 aliphatic carbocycles. The van der Waals surface area contributed by atoms with Crippen LogP contribution in [0.4, 0.5) is 4.39 Å². The fourth-order valence-electron chi connectivity index (χ4n) is 3.23. The molecule has 1 N–H and O–H groups in total. The van der Waals surface area contributed by atoms with Gasteiger partial charge in [0.15, 0.2) is 0 Å². The van der Waals surface area contributed by atoms with Gasteiger partial charge in [0.05, 0.1) is 6.61 Å². The van der Waals surface area contributed by atoms with Crippen molar-refractivity contribution in [3.8, 4) is 28.0 Å². The molecule has 0 saturated carbocycles. The van der Waals surface area contributed by atoms with Gasteiger partial charge in [-0.2, -0.15) is 0 Å². The third kappa shape index (κ3) is 6.19. The predicted molar refractivity (Wildman–Crippen MR) is 128 cm³/mol. The summed E-state index contributed by atoms with van der Waals surface area (Å²) in [6.45, 7) is 11.4. The molecule has 4 heteroatoms. The number of allylic oxidation sites excluding steroid dienone is 1. The minimum absolute atomic E-state index is 0.300. The summed E-state index contributed by atoms with van der Waals surface area (Å²) in [5.41, 5.74) is 4.20. The van der Waals surface area contributed by atoms with Gasteiger partial charge in [-0.25, -0.2) is 4.39 Å². The number of ether oxygens (including phenoxy) is 2. The van der Waals surface area contributed by atoms with E-state index in [1.54, 1.807) is 42.5 Å². The highest BCUT2D eigenvalue weighted by molar-refractivity contribution is 5.71. The second kappa shape index (κ2) is 11.1. The van der Waals surface area contributed by atoms with E-state index in [9.17, 15) is 9.50 Å². The van der Waals surface area contributed by atoms with Crippen LogP contribution in [-0.4, -0.2) is 18.0 Å². The van der Waals surface area contributed by atoms with Crippen LogP contribution in [0, 0.1) is 5.82 Å². The molecule has 164 valence electrons. The standard InChI is InChI=1S/C28H27FO3/c1-4-20(3)31-18-6-7-21-8-10-22(11-9-21)24-14-17-26(27(29)19-24)23-12-15-25(16-13-23)32-28(30)5-2/h4-5,8-17,19,28,30H,1-3,6-7,18H2. The Morgan fingerprint density at radius 3 is 2.22 bits per heavy atom. The Morgan fingerprint density at radius 2 is 1.59 bits per heavy atom. The van der Waals surface area contributed by atoms with E-state index in [2.05, 4.69) is 31.9 Å². The Bertz CT molecular complexity index is 1070. The van der Waals surface area contributed by atoms with Crippen LogP contribution in [0.2, 0.25) is 0 Å².